The number of amides is 2. The largest absolute Gasteiger partial charge is 0.397 e. The average Bonchev–Trinajstić information content (AvgIpc) is 2.99. The van der Waals surface area contributed by atoms with Crippen LogP contribution in [0.25, 0.3) is 0 Å². The molecule has 2 heterocycles. The number of hydrogen-bond acceptors (Lipinski definition) is 6. The lowest BCUT2D eigenvalue weighted by Gasteiger charge is -2.12. The maximum Gasteiger partial charge on any atom is 0.263 e. The van der Waals surface area contributed by atoms with Gasteiger partial charge in [-0.15, -0.1) is 11.3 Å². The first-order chi connectivity index (χ1) is 9.93. The lowest BCUT2D eigenvalue weighted by atomic mass is 10.1. The van der Waals surface area contributed by atoms with Gasteiger partial charge in [-0.05, 0) is 25.9 Å². The van der Waals surface area contributed by atoms with Gasteiger partial charge in [0.1, 0.15) is 9.88 Å². The molecule has 0 spiro atoms. The molecule has 1 aliphatic heterocycles. The van der Waals surface area contributed by atoms with Crippen molar-refractivity contribution >= 4 is 33.8 Å². The number of primary amides is 1. The lowest BCUT2D eigenvalue weighted by Crippen LogP contribution is -2.21. The van der Waals surface area contributed by atoms with Gasteiger partial charge in [0, 0.05) is 20.1 Å². The average molecular weight is 311 g/mol. The van der Waals surface area contributed by atoms with E-state index >= 15 is 0 Å². The molecule has 2 rings (SSSR count). The number of rotatable bonds is 5. The third kappa shape index (κ3) is 3.27. The van der Waals surface area contributed by atoms with E-state index in [9.17, 15) is 9.59 Å². The normalized spacial score (nSPS) is 18.7. The van der Waals surface area contributed by atoms with E-state index in [1.807, 2.05) is 0 Å². The van der Waals surface area contributed by atoms with Gasteiger partial charge in [0.25, 0.3) is 11.8 Å². The molecule has 6 N–H and O–H groups in total. The second-order valence-corrected chi connectivity index (χ2v) is 6.31. The van der Waals surface area contributed by atoms with Crippen molar-refractivity contribution in [3.05, 3.63) is 10.4 Å². The van der Waals surface area contributed by atoms with Crippen LogP contribution in [0.5, 0.6) is 0 Å². The summed E-state index contributed by atoms with van der Waals surface area (Å²) in [7, 11) is 3.61. The molecule has 116 valence electrons. The third-order valence-corrected chi connectivity index (χ3v) is 4.83. The van der Waals surface area contributed by atoms with Crippen molar-refractivity contribution in [1.29, 1.82) is 0 Å². The molecule has 1 saturated heterocycles. The molecule has 1 unspecified atom stereocenters. The second kappa shape index (κ2) is 6.31. The first-order valence-electron chi connectivity index (χ1n) is 6.80. The molecule has 8 heteroatoms. The van der Waals surface area contributed by atoms with Crippen molar-refractivity contribution in [3.63, 3.8) is 0 Å². The Bertz CT molecular complexity index is 557. The lowest BCUT2D eigenvalue weighted by molar-refractivity contribution is 0.0967. The SMILES string of the molecule is CNC(=O)c1sc(NCC2CCN(C)C2)c(C(N)=O)c1N. The summed E-state index contributed by atoms with van der Waals surface area (Å²) in [5, 5.41) is 6.31. The minimum Gasteiger partial charge on any atom is -0.397 e. The zero-order chi connectivity index (χ0) is 15.6. The minimum atomic E-state index is -0.620. The van der Waals surface area contributed by atoms with Crippen LogP contribution < -0.4 is 22.1 Å². The Morgan fingerprint density at radius 3 is 2.71 bits per heavy atom. The van der Waals surface area contributed by atoms with E-state index < -0.39 is 5.91 Å². The quantitative estimate of drug-likeness (QED) is 0.618. The molecule has 1 aromatic heterocycles. The highest BCUT2D eigenvalue weighted by Gasteiger charge is 2.25. The summed E-state index contributed by atoms with van der Waals surface area (Å²) in [4.78, 5) is 25.9. The number of nitrogens with one attached hydrogen (secondary N) is 2. The number of hydrogen-bond donors (Lipinski definition) is 4. The monoisotopic (exact) mass is 311 g/mol. The number of nitrogens with zero attached hydrogens (tertiary/aromatic N) is 1. The molecule has 0 saturated carbocycles. The molecule has 0 radical (unpaired) electrons. The molecule has 0 aromatic carbocycles. The summed E-state index contributed by atoms with van der Waals surface area (Å²) in [6, 6.07) is 0. The van der Waals surface area contributed by atoms with Gasteiger partial charge in [-0.25, -0.2) is 0 Å². The van der Waals surface area contributed by atoms with Gasteiger partial charge < -0.3 is 27.0 Å². The van der Waals surface area contributed by atoms with Gasteiger partial charge in [0.15, 0.2) is 0 Å². The van der Waals surface area contributed by atoms with Crippen LogP contribution in [-0.2, 0) is 0 Å². The number of thiophene rings is 1. The van der Waals surface area contributed by atoms with Crippen molar-refractivity contribution in [2.75, 3.05) is 44.8 Å². The van der Waals surface area contributed by atoms with Crippen LogP contribution in [0.3, 0.4) is 0 Å². The van der Waals surface area contributed by atoms with E-state index in [4.69, 9.17) is 11.5 Å². The van der Waals surface area contributed by atoms with Gasteiger partial charge in [-0.1, -0.05) is 0 Å². The molecule has 7 nitrogen and oxygen atoms in total. The number of carbonyl (C=O) groups is 2. The molecule has 1 aliphatic rings. The summed E-state index contributed by atoms with van der Waals surface area (Å²) < 4.78 is 0. The van der Waals surface area contributed by atoms with Crippen molar-refractivity contribution in [2.45, 2.75) is 6.42 Å². The maximum absolute atomic E-state index is 11.8. The van der Waals surface area contributed by atoms with Crippen molar-refractivity contribution in [1.82, 2.24) is 10.2 Å². The molecule has 0 bridgehead atoms. The van der Waals surface area contributed by atoms with Gasteiger partial charge in [-0.2, -0.15) is 0 Å². The van der Waals surface area contributed by atoms with E-state index in [-0.39, 0.29) is 17.2 Å². The maximum atomic E-state index is 11.8. The predicted molar refractivity (Wildman–Crippen MR) is 84.7 cm³/mol. The molecule has 1 aromatic rings. The number of carbonyl (C=O) groups excluding carboxylic acids is 2. The fraction of sp³-hybridized carbons (Fsp3) is 0.538. The Hall–Kier alpha value is -1.80. The fourth-order valence-electron chi connectivity index (χ4n) is 2.53. The van der Waals surface area contributed by atoms with Crippen molar-refractivity contribution in [3.8, 4) is 0 Å². The number of anilines is 2. The fourth-order valence-corrected chi connectivity index (χ4v) is 3.60. The molecule has 2 amide bonds. The highest BCUT2D eigenvalue weighted by atomic mass is 32.1. The number of likely N-dealkylation sites (tertiary alicyclic amines) is 1. The van der Waals surface area contributed by atoms with Gasteiger partial charge in [0.2, 0.25) is 0 Å². The Morgan fingerprint density at radius 1 is 1.48 bits per heavy atom. The standard InChI is InChI=1S/C13H21N5O2S/c1-16-12(20)10-9(14)8(11(15)19)13(21-10)17-5-7-3-4-18(2)6-7/h7,17H,3-6,14H2,1-2H3,(H2,15,19)(H,16,20). The number of nitrogens with two attached hydrogens (primary N) is 2. The van der Waals surface area contributed by atoms with E-state index in [1.165, 1.54) is 18.4 Å². The molecule has 1 fully saturated rings. The highest BCUT2D eigenvalue weighted by Crippen LogP contribution is 2.35. The Kier molecular flexibility index (Phi) is 4.69. The molecular weight excluding hydrogens is 290 g/mol. The molecule has 21 heavy (non-hydrogen) atoms. The van der Waals surface area contributed by atoms with Crippen molar-refractivity contribution in [2.24, 2.45) is 11.7 Å². The summed E-state index contributed by atoms with van der Waals surface area (Å²) >= 11 is 1.17. The number of nitrogen functional groups attached to an aromatic ring is 1. The summed E-state index contributed by atoms with van der Waals surface area (Å²) in [5.74, 6) is -0.416. The van der Waals surface area contributed by atoms with Gasteiger partial charge >= 0.3 is 0 Å². The summed E-state index contributed by atoms with van der Waals surface area (Å²) in [6.45, 7) is 2.82. The van der Waals surface area contributed by atoms with Crippen molar-refractivity contribution < 1.29 is 9.59 Å². The van der Waals surface area contributed by atoms with Crippen LogP contribution in [0.15, 0.2) is 0 Å². The van der Waals surface area contributed by atoms with Gasteiger partial charge in [-0.3, -0.25) is 9.59 Å². The minimum absolute atomic E-state index is 0.151. The Labute approximate surface area is 127 Å². The Morgan fingerprint density at radius 2 is 2.19 bits per heavy atom. The molecule has 1 atom stereocenters. The van der Waals surface area contributed by atoms with Crippen LogP contribution in [0.1, 0.15) is 26.5 Å². The van der Waals surface area contributed by atoms with Crippen LogP contribution in [0, 0.1) is 5.92 Å². The highest BCUT2D eigenvalue weighted by molar-refractivity contribution is 7.19. The first-order valence-corrected chi connectivity index (χ1v) is 7.62. The van der Waals surface area contributed by atoms with Crippen LogP contribution in [0.4, 0.5) is 10.7 Å². The first kappa shape index (κ1) is 15.6. The zero-order valence-corrected chi connectivity index (χ0v) is 13.0. The zero-order valence-electron chi connectivity index (χ0n) is 12.2. The van der Waals surface area contributed by atoms with E-state index in [2.05, 4.69) is 22.6 Å². The van der Waals surface area contributed by atoms with E-state index in [1.54, 1.807) is 0 Å². The molecular formula is C13H21N5O2S. The Balaban J connectivity index is 2.17. The van der Waals surface area contributed by atoms with Gasteiger partial charge in [0.05, 0.1) is 11.3 Å². The van der Waals surface area contributed by atoms with Crippen LogP contribution in [-0.4, -0.2) is 50.4 Å². The smallest absolute Gasteiger partial charge is 0.263 e. The summed E-state index contributed by atoms with van der Waals surface area (Å²) in [6.07, 6.45) is 1.11. The second-order valence-electron chi connectivity index (χ2n) is 5.29. The van der Waals surface area contributed by atoms with Crippen LogP contribution >= 0.6 is 11.3 Å². The molecule has 0 aliphatic carbocycles. The van der Waals surface area contributed by atoms with E-state index in [0.29, 0.717) is 15.8 Å². The predicted octanol–water partition coefficient (Wildman–Crippen LogP) is 0.152. The van der Waals surface area contributed by atoms with Crippen LogP contribution in [0.2, 0.25) is 0 Å². The van der Waals surface area contributed by atoms with E-state index in [0.717, 1.165) is 26.1 Å². The summed E-state index contributed by atoms with van der Waals surface area (Å²) in [5.41, 5.74) is 11.6. The topological polar surface area (TPSA) is 113 Å². The third-order valence-electron chi connectivity index (χ3n) is 3.67.